The zero-order valence-electron chi connectivity index (χ0n) is 20.4. The fourth-order valence-corrected chi connectivity index (χ4v) is 4.92. The molecule has 2 aromatic heterocycles. The van der Waals surface area contributed by atoms with Crippen LogP contribution in [0.5, 0.6) is 0 Å². The van der Waals surface area contributed by atoms with E-state index >= 15 is 0 Å². The summed E-state index contributed by atoms with van der Waals surface area (Å²) in [6, 6.07) is 20.1. The minimum Gasteiger partial charge on any atom is -0.478 e. The molecule has 0 atom stereocenters. The van der Waals surface area contributed by atoms with Crippen LogP contribution in [-0.4, -0.2) is 31.7 Å². The zero-order chi connectivity index (χ0) is 26.3. The van der Waals surface area contributed by atoms with E-state index in [0.717, 1.165) is 32.6 Å². The van der Waals surface area contributed by atoms with E-state index in [1.165, 1.54) is 6.07 Å². The number of rotatable bonds is 5. The molecule has 2 N–H and O–H groups in total. The third-order valence-corrected chi connectivity index (χ3v) is 6.78. The van der Waals surface area contributed by atoms with Gasteiger partial charge in [0.15, 0.2) is 0 Å². The van der Waals surface area contributed by atoms with Crippen molar-refractivity contribution in [2.75, 3.05) is 5.32 Å². The highest BCUT2D eigenvalue weighted by molar-refractivity contribution is 9.10. The lowest BCUT2D eigenvalue weighted by Gasteiger charge is -2.17. The maximum Gasteiger partial charge on any atom is 0.335 e. The second kappa shape index (κ2) is 9.63. The smallest absolute Gasteiger partial charge is 0.335 e. The summed E-state index contributed by atoms with van der Waals surface area (Å²) in [5.74, 6) is -1.36. The van der Waals surface area contributed by atoms with E-state index in [2.05, 4.69) is 26.3 Å². The Labute approximate surface area is 221 Å². The molecule has 5 aromatic rings. The third kappa shape index (κ3) is 4.63. The number of aryl methyl sites for hydroxylation is 2. The summed E-state index contributed by atoms with van der Waals surface area (Å²) in [4.78, 5) is 30.5. The minimum atomic E-state index is -1.05. The molecule has 0 fully saturated rings. The Bertz CT molecular complexity index is 1690. The van der Waals surface area contributed by atoms with Crippen molar-refractivity contribution in [3.05, 3.63) is 99.8 Å². The van der Waals surface area contributed by atoms with Gasteiger partial charge in [0.1, 0.15) is 0 Å². The number of halogens is 1. The summed E-state index contributed by atoms with van der Waals surface area (Å²) in [6.07, 6.45) is 1.81. The number of carboxylic acids is 1. The Hall–Kier alpha value is -4.30. The number of nitrogens with one attached hydrogen (secondary N) is 1. The van der Waals surface area contributed by atoms with Gasteiger partial charge >= 0.3 is 5.97 Å². The van der Waals surface area contributed by atoms with E-state index in [-0.39, 0.29) is 11.5 Å². The Morgan fingerprint density at radius 1 is 0.973 bits per heavy atom. The summed E-state index contributed by atoms with van der Waals surface area (Å²) in [5, 5.41) is 17.7. The largest absolute Gasteiger partial charge is 0.478 e. The van der Waals surface area contributed by atoms with Crippen molar-refractivity contribution in [3.63, 3.8) is 0 Å². The second-order valence-corrected chi connectivity index (χ2v) is 9.73. The molecule has 0 unspecified atom stereocenters. The number of aromatic nitrogens is 3. The predicted octanol–water partition coefficient (Wildman–Crippen LogP) is 6.63. The van der Waals surface area contributed by atoms with Crippen molar-refractivity contribution >= 4 is 44.4 Å². The molecular formula is C29H23BrN4O3. The first-order valence-corrected chi connectivity index (χ1v) is 12.4. The molecule has 2 heterocycles. The number of carboxylic acid groups (broad SMARTS) is 1. The maximum atomic E-state index is 13.9. The first-order valence-electron chi connectivity index (χ1n) is 11.6. The van der Waals surface area contributed by atoms with Gasteiger partial charge in [-0.1, -0.05) is 46.3 Å². The number of carbonyl (C=O) groups excluding carboxylic acids is 1. The number of hydrogen-bond acceptors (Lipinski definition) is 4. The molecular weight excluding hydrogens is 532 g/mol. The molecule has 0 radical (unpaired) electrons. The molecule has 7 nitrogen and oxygen atoms in total. The Morgan fingerprint density at radius 2 is 1.73 bits per heavy atom. The minimum absolute atomic E-state index is 0.122. The number of fused-ring (bicyclic) bond motifs is 1. The molecule has 184 valence electrons. The van der Waals surface area contributed by atoms with Crippen molar-refractivity contribution in [2.24, 2.45) is 7.05 Å². The van der Waals surface area contributed by atoms with Gasteiger partial charge in [0.05, 0.1) is 28.0 Å². The molecule has 3 aromatic carbocycles. The van der Waals surface area contributed by atoms with Gasteiger partial charge in [0.2, 0.25) is 0 Å². The fraction of sp³-hybridized carbons (Fsp3) is 0.103. The lowest BCUT2D eigenvalue weighted by Crippen LogP contribution is -2.16. The van der Waals surface area contributed by atoms with E-state index in [9.17, 15) is 14.7 Å². The van der Waals surface area contributed by atoms with Crippen LogP contribution in [0.2, 0.25) is 0 Å². The van der Waals surface area contributed by atoms with Crippen LogP contribution >= 0.6 is 15.9 Å². The zero-order valence-corrected chi connectivity index (χ0v) is 22.0. The molecule has 0 aliphatic carbocycles. The number of amides is 1. The molecule has 0 spiro atoms. The maximum absolute atomic E-state index is 13.9. The molecule has 1 amide bonds. The monoisotopic (exact) mass is 554 g/mol. The van der Waals surface area contributed by atoms with Crippen LogP contribution in [-0.2, 0) is 7.05 Å². The van der Waals surface area contributed by atoms with Crippen LogP contribution < -0.4 is 5.32 Å². The topological polar surface area (TPSA) is 97.1 Å². The first-order chi connectivity index (χ1) is 17.7. The summed E-state index contributed by atoms with van der Waals surface area (Å²) < 4.78 is 2.49. The Morgan fingerprint density at radius 3 is 2.41 bits per heavy atom. The second-order valence-electron chi connectivity index (χ2n) is 8.81. The van der Waals surface area contributed by atoms with E-state index in [1.807, 2.05) is 68.6 Å². The predicted molar refractivity (Wildman–Crippen MR) is 148 cm³/mol. The van der Waals surface area contributed by atoms with Gasteiger partial charge < -0.3 is 10.4 Å². The molecule has 37 heavy (non-hydrogen) atoms. The number of pyridine rings is 1. The van der Waals surface area contributed by atoms with Gasteiger partial charge in [-0.05, 0) is 55.8 Å². The molecule has 5 rings (SSSR count). The number of anilines is 1. The van der Waals surface area contributed by atoms with Crippen LogP contribution in [0.15, 0.2) is 77.4 Å². The molecule has 0 saturated carbocycles. The average Bonchev–Trinajstić information content (AvgIpc) is 3.21. The van der Waals surface area contributed by atoms with Crippen LogP contribution in [0.25, 0.3) is 33.3 Å². The van der Waals surface area contributed by atoms with Gasteiger partial charge in [0, 0.05) is 45.5 Å². The summed E-state index contributed by atoms with van der Waals surface area (Å²) in [7, 11) is 1.80. The van der Waals surface area contributed by atoms with Crippen LogP contribution in [0, 0.1) is 13.8 Å². The summed E-state index contributed by atoms with van der Waals surface area (Å²) in [6.45, 7) is 3.74. The number of benzene rings is 3. The first kappa shape index (κ1) is 24.4. The highest BCUT2D eigenvalue weighted by Gasteiger charge is 2.22. The van der Waals surface area contributed by atoms with E-state index in [4.69, 9.17) is 4.98 Å². The van der Waals surface area contributed by atoms with E-state index in [0.29, 0.717) is 27.7 Å². The number of aromatic carboxylic acids is 1. The van der Waals surface area contributed by atoms with Gasteiger partial charge in [-0.2, -0.15) is 5.10 Å². The van der Waals surface area contributed by atoms with Crippen molar-refractivity contribution in [1.29, 1.82) is 0 Å². The Kier molecular flexibility index (Phi) is 6.35. The van der Waals surface area contributed by atoms with Gasteiger partial charge in [-0.25, -0.2) is 9.78 Å². The third-order valence-electron chi connectivity index (χ3n) is 6.28. The normalized spacial score (nSPS) is 11.0. The molecule has 0 saturated heterocycles. The van der Waals surface area contributed by atoms with Crippen molar-refractivity contribution in [2.45, 2.75) is 13.8 Å². The van der Waals surface area contributed by atoms with Crippen LogP contribution in [0.3, 0.4) is 0 Å². The average molecular weight is 555 g/mol. The molecule has 8 heteroatoms. The molecule has 0 aliphatic heterocycles. The van der Waals surface area contributed by atoms with Gasteiger partial charge in [-0.15, -0.1) is 0 Å². The highest BCUT2D eigenvalue weighted by Crippen LogP contribution is 2.35. The van der Waals surface area contributed by atoms with Crippen LogP contribution in [0.1, 0.15) is 32.0 Å². The number of carbonyl (C=O) groups is 2. The number of nitrogens with zero attached hydrogens (tertiary/aromatic N) is 3. The highest BCUT2D eigenvalue weighted by atomic mass is 79.9. The van der Waals surface area contributed by atoms with Gasteiger partial charge in [0.25, 0.3) is 5.91 Å². The molecule has 0 bridgehead atoms. The lowest BCUT2D eigenvalue weighted by atomic mass is 9.96. The van der Waals surface area contributed by atoms with Crippen molar-refractivity contribution in [1.82, 2.24) is 14.8 Å². The lowest BCUT2D eigenvalue weighted by molar-refractivity contribution is 0.0696. The quantitative estimate of drug-likeness (QED) is 0.254. The number of hydrogen-bond donors (Lipinski definition) is 2. The van der Waals surface area contributed by atoms with Crippen molar-refractivity contribution < 1.29 is 14.7 Å². The van der Waals surface area contributed by atoms with Gasteiger partial charge in [-0.3, -0.25) is 9.48 Å². The summed E-state index contributed by atoms with van der Waals surface area (Å²) in [5.41, 5.74) is 6.25. The fourth-order valence-electron chi connectivity index (χ4n) is 4.56. The van der Waals surface area contributed by atoms with Crippen molar-refractivity contribution in [3.8, 4) is 22.4 Å². The summed E-state index contributed by atoms with van der Waals surface area (Å²) >= 11 is 3.52. The SMILES string of the molecule is Cc1nn(C)cc1-c1cc(C(=O)O)ccc1NC(=O)c1c(C)c(-c2ccccc2)nc2ccc(Br)cc12. The van der Waals surface area contributed by atoms with E-state index in [1.54, 1.807) is 23.9 Å². The van der Waals surface area contributed by atoms with Crippen LogP contribution in [0.4, 0.5) is 5.69 Å². The van der Waals surface area contributed by atoms with E-state index < -0.39 is 5.97 Å². The molecule has 0 aliphatic rings. The Balaban J connectivity index is 1.68. The standard InChI is InChI=1S/C29H23BrN4O3/c1-16-26(22-14-20(30)10-12-25(22)31-27(16)18-7-5-4-6-8-18)28(35)32-24-11-9-19(29(36)37)13-21(24)23-15-34(3)33-17(23)2/h4-15H,1-3H3,(H,32,35)(H,36,37).